The lowest BCUT2D eigenvalue weighted by Crippen LogP contribution is -2.33. The highest BCUT2D eigenvalue weighted by atomic mass is 32.2. The van der Waals surface area contributed by atoms with Crippen LogP contribution in [0.1, 0.15) is 36.4 Å². The Balaban J connectivity index is 1.91. The van der Waals surface area contributed by atoms with Gasteiger partial charge in [0.15, 0.2) is 0 Å². The molecule has 0 aliphatic carbocycles. The fourth-order valence-corrected chi connectivity index (χ4v) is 4.53. The third-order valence-electron chi connectivity index (χ3n) is 4.86. The second-order valence-corrected chi connectivity index (χ2v) is 8.47. The normalized spacial score (nSPS) is 16.8. The molecule has 1 heterocycles. The minimum atomic E-state index is -3.63. The molecule has 2 aromatic rings. The van der Waals surface area contributed by atoms with Crippen LogP contribution in [0.15, 0.2) is 66.1 Å². The zero-order valence-electron chi connectivity index (χ0n) is 15.2. The third kappa shape index (κ3) is 4.17. The molecular formula is C21H26N2O2S. The Labute approximate surface area is 156 Å². The van der Waals surface area contributed by atoms with Crippen molar-refractivity contribution in [2.45, 2.75) is 37.1 Å². The van der Waals surface area contributed by atoms with Crippen LogP contribution in [-0.4, -0.2) is 26.4 Å². The number of nitrogens with zero attached hydrogens (tertiary/aromatic N) is 1. The van der Waals surface area contributed by atoms with E-state index in [0.29, 0.717) is 5.69 Å². The van der Waals surface area contributed by atoms with Crippen molar-refractivity contribution in [3.8, 4) is 0 Å². The van der Waals surface area contributed by atoms with Gasteiger partial charge in [0.1, 0.15) is 0 Å². The quantitative estimate of drug-likeness (QED) is 0.761. The Hall–Kier alpha value is -2.11. The van der Waals surface area contributed by atoms with Gasteiger partial charge < -0.3 is 0 Å². The minimum absolute atomic E-state index is 0.00668. The van der Waals surface area contributed by atoms with E-state index >= 15 is 0 Å². The molecule has 0 spiro atoms. The van der Waals surface area contributed by atoms with E-state index in [-0.39, 0.29) is 10.9 Å². The van der Waals surface area contributed by atoms with Crippen LogP contribution >= 0.6 is 0 Å². The van der Waals surface area contributed by atoms with Crippen LogP contribution in [-0.2, 0) is 10.0 Å². The molecule has 5 heteroatoms. The molecule has 1 aliphatic heterocycles. The number of likely N-dealkylation sites (tertiary alicyclic amines) is 1. The van der Waals surface area contributed by atoms with Crippen molar-refractivity contribution in [3.05, 3.63) is 72.3 Å². The summed E-state index contributed by atoms with van der Waals surface area (Å²) in [6.45, 7) is 7.96. The number of rotatable bonds is 6. The lowest BCUT2D eigenvalue weighted by atomic mass is 10.0. The highest BCUT2D eigenvalue weighted by molar-refractivity contribution is 7.92. The van der Waals surface area contributed by atoms with E-state index in [4.69, 9.17) is 0 Å². The summed E-state index contributed by atoms with van der Waals surface area (Å²) in [5, 5.41) is 0. The fraction of sp³-hybridized carbons (Fsp3) is 0.333. The van der Waals surface area contributed by atoms with Gasteiger partial charge in [0.05, 0.1) is 16.6 Å². The average Bonchev–Trinajstić information content (AvgIpc) is 2.65. The van der Waals surface area contributed by atoms with E-state index in [1.54, 1.807) is 24.3 Å². The maximum absolute atomic E-state index is 12.8. The summed E-state index contributed by atoms with van der Waals surface area (Å²) >= 11 is 0. The van der Waals surface area contributed by atoms with E-state index < -0.39 is 10.0 Å². The van der Waals surface area contributed by atoms with Gasteiger partial charge in [-0.15, -0.1) is 6.58 Å². The van der Waals surface area contributed by atoms with Crippen LogP contribution in [0.2, 0.25) is 0 Å². The lowest BCUT2D eigenvalue weighted by Gasteiger charge is -2.34. The van der Waals surface area contributed by atoms with Crippen molar-refractivity contribution in [3.63, 3.8) is 0 Å². The maximum atomic E-state index is 12.8. The van der Waals surface area contributed by atoms with Crippen LogP contribution in [0.5, 0.6) is 0 Å². The topological polar surface area (TPSA) is 49.4 Å². The van der Waals surface area contributed by atoms with E-state index in [0.717, 1.165) is 24.2 Å². The fourth-order valence-electron chi connectivity index (χ4n) is 3.44. The highest BCUT2D eigenvalue weighted by Crippen LogP contribution is 2.32. The summed E-state index contributed by atoms with van der Waals surface area (Å²) in [6.07, 6.45) is 5.50. The van der Waals surface area contributed by atoms with Crippen molar-refractivity contribution < 1.29 is 8.42 Å². The van der Waals surface area contributed by atoms with Crippen molar-refractivity contribution >= 4 is 15.7 Å². The molecule has 3 rings (SSSR count). The Morgan fingerprint density at radius 1 is 1.04 bits per heavy atom. The molecule has 1 N–H and O–H groups in total. The van der Waals surface area contributed by atoms with Gasteiger partial charge in [0, 0.05) is 0 Å². The molecule has 4 nitrogen and oxygen atoms in total. The molecule has 0 radical (unpaired) electrons. The van der Waals surface area contributed by atoms with Gasteiger partial charge in [-0.2, -0.15) is 0 Å². The highest BCUT2D eigenvalue weighted by Gasteiger charge is 2.23. The first-order valence-electron chi connectivity index (χ1n) is 9.06. The van der Waals surface area contributed by atoms with Gasteiger partial charge in [-0.3, -0.25) is 9.62 Å². The van der Waals surface area contributed by atoms with Crippen molar-refractivity contribution in [2.75, 3.05) is 17.8 Å². The lowest BCUT2D eigenvalue weighted by molar-refractivity contribution is 0.192. The molecule has 0 bridgehead atoms. The predicted molar refractivity (Wildman–Crippen MR) is 107 cm³/mol. The van der Waals surface area contributed by atoms with Crippen molar-refractivity contribution in [1.29, 1.82) is 0 Å². The van der Waals surface area contributed by atoms with Gasteiger partial charge in [-0.1, -0.05) is 48.4 Å². The number of sulfonamides is 1. The molecule has 2 aromatic carbocycles. The molecule has 1 fully saturated rings. The molecule has 1 aliphatic rings. The molecule has 26 heavy (non-hydrogen) atoms. The summed E-state index contributed by atoms with van der Waals surface area (Å²) in [6, 6.07) is 14.5. The third-order valence-corrected chi connectivity index (χ3v) is 6.24. The standard InChI is InChI=1S/C21H26N2O2S/c1-3-21(23-15-7-4-8-16-23)19-9-5-6-10-20(19)22-26(24,25)18-13-11-17(2)12-14-18/h3,5-6,9-14,21-22H,1,4,7-8,15-16H2,2H3/t21-/m0/s1. The summed E-state index contributed by atoms with van der Waals surface area (Å²) < 4.78 is 28.4. The van der Waals surface area contributed by atoms with Crippen molar-refractivity contribution in [2.24, 2.45) is 0 Å². The first-order valence-corrected chi connectivity index (χ1v) is 10.5. The molecule has 138 valence electrons. The largest absolute Gasteiger partial charge is 0.293 e. The molecule has 0 unspecified atom stereocenters. The van der Waals surface area contributed by atoms with E-state index in [1.807, 2.05) is 37.3 Å². The second-order valence-electron chi connectivity index (χ2n) is 6.78. The predicted octanol–water partition coefficient (Wildman–Crippen LogP) is 4.51. The molecule has 1 atom stereocenters. The first-order chi connectivity index (χ1) is 12.5. The van der Waals surface area contributed by atoms with Crippen LogP contribution in [0.4, 0.5) is 5.69 Å². The van der Waals surface area contributed by atoms with E-state index in [1.165, 1.54) is 19.3 Å². The average molecular weight is 371 g/mol. The number of anilines is 1. The number of para-hydroxylation sites is 1. The summed E-state index contributed by atoms with van der Waals surface area (Å²) in [5.41, 5.74) is 2.59. The van der Waals surface area contributed by atoms with Gasteiger partial charge in [0.25, 0.3) is 10.0 Å². The van der Waals surface area contributed by atoms with Gasteiger partial charge >= 0.3 is 0 Å². The number of benzene rings is 2. The first kappa shape index (κ1) is 18.7. The van der Waals surface area contributed by atoms with Crippen LogP contribution in [0.3, 0.4) is 0 Å². The maximum Gasteiger partial charge on any atom is 0.261 e. The monoisotopic (exact) mass is 370 g/mol. The van der Waals surface area contributed by atoms with Crippen molar-refractivity contribution in [1.82, 2.24) is 4.90 Å². The number of piperidine rings is 1. The molecular weight excluding hydrogens is 344 g/mol. The smallest absolute Gasteiger partial charge is 0.261 e. The molecule has 0 aromatic heterocycles. The second kappa shape index (κ2) is 8.06. The zero-order chi connectivity index (χ0) is 18.6. The minimum Gasteiger partial charge on any atom is -0.293 e. The van der Waals surface area contributed by atoms with Gasteiger partial charge in [-0.25, -0.2) is 8.42 Å². The van der Waals surface area contributed by atoms with Gasteiger partial charge in [0.2, 0.25) is 0 Å². The van der Waals surface area contributed by atoms with Crippen LogP contribution < -0.4 is 4.72 Å². The van der Waals surface area contributed by atoms with E-state index in [2.05, 4.69) is 16.2 Å². The van der Waals surface area contributed by atoms with Crippen LogP contribution in [0.25, 0.3) is 0 Å². The molecule has 0 saturated carbocycles. The number of hydrogen-bond donors (Lipinski definition) is 1. The Morgan fingerprint density at radius 2 is 1.69 bits per heavy atom. The summed E-state index contributed by atoms with van der Waals surface area (Å²) in [4.78, 5) is 2.64. The summed E-state index contributed by atoms with van der Waals surface area (Å²) in [5.74, 6) is 0. The van der Waals surface area contributed by atoms with Gasteiger partial charge in [-0.05, 0) is 56.6 Å². The SMILES string of the molecule is C=C[C@@H](c1ccccc1NS(=O)(=O)c1ccc(C)cc1)N1CCCCC1. The number of hydrogen-bond acceptors (Lipinski definition) is 3. The Bertz CT molecular complexity index is 854. The number of nitrogens with one attached hydrogen (secondary N) is 1. The molecule has 1 saturated heterocycles. The molecule has 0 amide bonds. The van der Waals surface area contributed by atoms with Crippen LogP contribution in [0, 0.1) is 6.92 Å². The zero-order valence-corrected chi connectivity index (χ0v) is 16.0. The number of aryl methyl sites for hydroxylation is 1. The van der Waals surface area contributed by atoms with E-state index in [9.17, 15) is 8.42 Å². The Morgan fingerprint density at radius 3 is 2.35 bits per heavy atom. The Kier molecular flexibility index (Phi) is 5.79. The summed E-state index contributed by atoms with van der Waals surface area (Å²) in [7, 11) is -3.63.